The first-order valence-corrected chi connectivity index (χ1v) is 5.21. The lowest BCUT2D eigenvalue weighted by molar-refractivity contribution is -0.130. The van der Waals surface area contributed by atoms with Crippen molar-refractivity contribution in [3.63, 3.8) is 0 Å². The van der Waals surface area contributed by atoms with Gasteiger partial charge in [0.15, 0.2) is 0 Å². The third-order valence-corrected chi connectivity index (χ3v) is 2.11. The lowest BCUT2D eigenvalue weighted by atomic mass is 10.1. The van der Waals surface area contributed by atoms with Crippen molar-refractivity contribution in [3.8, 4) is 0 Å². The second kappa shape index (κ2) is 6.97. The number of nitrogens with two attached hydrogens (primary N) is 1. The molecular formula is C10H18N3O4. The van der Waals surface area contributed by atoms with Crippen LogP contribution in [0.5, 0.6) is 0 Å². The molecule has 5 N–H and O–H groups in total. The minimum atomic E-state index is -1.10. The number of rotatable bonds is 6. The maximum atomic E-state index is 11.4. The van der Waals surface area contributed by atoms with Gasteiger partial charge in [0.25, 0.3) is 0 Å². The fraction of sp³-hybridized carbons (Fsp3) is 0.700. The van der Waals surface area contributed by atoms with Gasteiger partial charge in [-0.25, -0.2) is 0 Å². The molecule has 0 heterocycles. The van der Waals surface area contributed by atoms with Gasteiger partial charge in [-0.2, -0.15) is 0 Å². The second-order valence-corrected chi connectivity index (χ2v) is 3.84. The van der Waals surface area contributed by atoms with E-state index in [2.05, 4.69) is 10.6 Å². The third-order valence-electron chi connectivity index (χ3n) is 2.11. The van der Waals surface area contributed by atoms with Crippen LogP contribution in [0, 0.1) is 0 Å². The molecule has 0 spiro atoms. The van der Waals surface area contributed by atoms with E-state index in [0.29, 0.717) is 0 Å². The molecule has 0 aromatic carbocycles. The summed E-state index contributed by atoms with van der Waals surface area (Å²) >= 11 is 0. The van der Waals surface area contributed by atoms with E-state index in [1.54, 1.807) is 6.29 Å². The van der Waals surface area contributed by atoms with Gasteiger partial charge in [0.05, 0.1) is 12.1 Å². The van der Waals surface area contributed by atoms with Crippen molar-refractivity contribution in [1.29, 1.82) is 0 Å². The Balaban J connectivity index is 4.25. The van der Waals surface area contributed by atoms with Crippen LogP contribution in [-0.2, 0) is 14.4 Å². The summed E-state index contributed by atoms with van der Waals surface area (Å²) in [4.78, 5) is 33.0. The molecular weight excluding hydrogens is 226 g/mol. The van der Waals surface area contributed by atoms with E-state index in [1.165, 1.54) is 20.8 Å². The summed E-state index contributed by atoms with van der Waals surface area (Å²) in [6.07, 6.45) is 0.579. The Morgan fingerprint density at radius 3 is 2.12 bits per heavy atom. The molecule has 1 radical (unpaired) electrons. The highest BCUT2D eigenvalue weighted by Gasteiger charge is 2.23. The molecule has 0 bridgehead atoms. The van der Waals surface area contributed by atoms with Crippen molar-refractivity contribution in [1.82, 2.24) is 10.6 Å². The molecule has 0 rings (SSSR count). The maximum Gasteiger partial charge on any atom is 0.242 e. The quantitative estimate of drug-likeness (QED) is 0.423. The molecule has 7 heteroatoms. The Bertz CT molecular complexity index is 293. The lowest BCUT2D eigenvalue weighted by Crippen LogP contribution is -2.54. The van der Waals surface area contributed by atoms with Gasteiger partial charge in [0, 0.05) is 0 Å². The average Bonchev–Trinajstić information content (AvgIpc) is 2.27. The monoisotopic (exact) mass is 244 g/mol. The predicted molar refractivity (Wildman–Crippen MR) is 60.6 cm³/mol. The Kier molecular flexibility index (Phi) is 6.37. The third kappa shape index (κ3) is 5.41. The zero-order valence-electron chi connectivity index (χ0n) is 10.1. The van der Waals surface area contributed by atoms with Crippen LogP contribution < -0.4 is 16.4 Å². The number of hydrogen-bond acceptors (Lipinski definition) is 5. The average molecular weight is 244 g/mol. The van der Waals surface area contributed by atoms with E-state index < -0.39 is 36.0 Å². The van der Waals surface area contributed by atoms with Crippen molar-refractivity contribution in [2.75, 3.05) is 0 Å². The highest BCUT2D eigenvalue weighted by Crippen LogP contribution is 1.91. The second-order valence-electron chi connectivity index (χ2n) is 3.84. The van der Waals surface area contributed by atoms with Crippen LogP contribution in [0.4, 0.5) is 0 Å². The first-order valence-electron chi connectivity index (χ1n) is 5.21. The van der Waals surface area contributed by atoms with Crippen LogP contribution in [0.15, 0.2) is 0 Å². The predicted octanol–water partition coefficient (Wildman–Crippen LogP) is -2.19. The fourth-order valence-electron chi connectivity index (χ4n) is 0.962. The highest BCUT2D eigenvalue weighted by molar-refractivity contribution is 5.90. The van der Waals surface area contributed by atoms with Gasteiger partial charge in [-0.1, -0.05) is 0 Å². The van der Waals surface area contributed by atoms with Crippen LogP contribution in [0.2, 0.25) is 0 Å². The molecule has 2 amide bonds. The fourth-order valence-corrected chi connectivity index (χ4v) is 0.962. The molecule has 7 nitrogen and oxygen atoms in total. The molecule has 0 aromatic rings. The van der Waals surface area contributed by atoms with Gasteiger partial charge in [0.2, 0.25) is 18.1 Å². The molecule has 0 aliphatic rings. The van der Waals surface area contributed by atoms with Crippen LogP contribution in [0.3, 0.4) is 0 Å². The Labute approximate surface area is 99.7 Å². The molecule has 0 aromatic heterocycles. The Hall–Kier alpha value is -1.47. The van der Waals surface area contributed by atoms with Crippen molar-refractivity contribution in [2.45, 2.75) is 45.0 Å². The molecule has 17 heavy (non-hydrogen) atoms. The molecule has 97 valence electrons. The standard InChI is InChI=1S/C10H18N3O4/c1-5(4-14)12-9(16)6(2)13-10(17)8(11)7(3)15/h5-8,15H,11H2,1-3H3,(H,12,16)(H,13,17)/t5-,6-,7?,8-/m0/s1. The van der Waals surface area contributed by atoms with Crippen LogP contribution >= 0.6 is 0 Å². The van der Waals surface area contributed by atoms with Crippen molar-refractivity contribution < 1.29 is 19.5 Å². The number of aliphatic hydroxyl groups is 1. The van der Waals surface area contributed by atoms with Crippen molar-refractivity contribution in [2.24, 2.45) is 5.73 Å². The topological polar surface area (TPSA) is 122 Å². The number of carbonyl (C=O) groups excluding carboxylic acids is 3. The van der Waals surface area contributed by atoms with Crippen LogP contribution in [0.1, 0.15) is 20.8 Å². The molecule has 4 atom stereocenters. The van der Waals surface area contributed by atoms with E-state index >= 15 is 0 Å². The van der Waals surface area contributed by atoms with Crippen LogP contribution in [0.25, 0.3) is 0 Å². The minimum Gasteiger partial charge on any atom is -0.391 e. The summed E-state index contributed by atoms with van der Waals surface area (Å²) in [7, 11) is 0. The van der Waals surface area contributed by atoms with Gasteiger partial charge in [-0.05, 0) is 20.8 Å². The summed E-state index contributed by atoms with van der Waals surface area (Å²) in [6.45, 7) is 4.28. The van der Waals surface area contributed by atoms with E-state index in [9.17, 15) is 14.4 Å². The maximum absolute atomic E-state index is 11.4. The molecule has 1 unspecified atom stereocenters. The largest absolute Gasteiger partial charge is 0.391 e. The van der Waals surface area contributed by atoms with Crippen molar-refractivity contribution >= 4 is 18.1 Å². The number of aliphatic hydroxyl groups excluding tert-OH is 1. The molecule has 0 saturated carbocycles. The highest BCUT2D eigenvalue weighted by atomic mass is 16.3. The van der Waals surface area contributed by atoms with Gasteiger partial charge < -0.3 is 21.5 Å². The zero-order chi connectivity index (χ0) is 13.6. The molecule has 0 aliphatic carbocycles. The summed E-state index contributed by atoms with van der Waals surface area (Å²) in [5.74, 6) is -1.16. The molecule has 0 aliphatic heterocycles. The Morgan fingerprint density at radius 2 is 1.71 bits per heavy atom. The van der Waals surface area contributed by atoms with E-state index in [4.69, 9.17) is 10.8 Å². The van der Waals surface area contributed by atoms with Crippen molar-refractivity contribution in [3.05, 3.63) is 0 Å². The van der Waals surface area contributed by atoms with Gasteiger partial charge in [-0.15, -0.1) is 0 Å². The number of amides is 2. The van der Waals surface area contributed by atoms with Crippen LogP contribution in [-0.4, -0.2) is 47.4 Å². The first kappa shape index (κ1) is 15.5. The summed E-state index contributed by atoms with van der Waals surface area (Å²) in [5, 5.41) is 13.7. The normalized spacial score (nSPS) is 17.5. The Morgan fingerprint density at radius 1 is 1.18 bits per heavy atom. The smallest absolute Gasteiger partial charge is 0.242 e. The van der Waals surface area contributed by atoms with Gasteiger partial charge in [0.1, 0.15) is 12.1 Å². The van der Waals surface area contributed by atoms with E-state index in [1.807, 2.05) is 0 Å². The molecule has 0 fully saturated rings. The lowest BCUT2D eigenvalue weighted by Gasteiger charge is -2.19. The summed E-state index contributed by atoms with van der Waals surface area (Å²) in [6, 6.07) is -2.68. The first-order chi connectivity index (χ1) is 7.79. The minimum absolute atomic E-state index is 0.521. The zero-order valence-corrected chi connectivity index (χ0v) is 10.1. The SMILES string of the molecule is CC(O)[C@H](N)C(=O)N[C@@H](C)C(=O)N[C@@H](C)[C]=O. The number of nitrogens with one attached hydrogen (secondary N) is 2. The van der Waals surface area contributed by atoms with E-state index in [-0.39, 0.29) is 0 Å². The summed E-state index contributed by atoms with van der Waals surface area (Å²) in [5.41, 5.74) is 5.38. The summed E-state index contributed by atoms with van der Waals surface area (Å²) < 4.78 is 0. The van der Waals surface area contributed by atoms with E-state index in [0.717, 1.165) is 0 Å². The number of hydrogen-bond donors (Lipinski definition) is 4. The number of carbonyl (C=O) groups is 2. The van der Waals surface area contributed by atoms with Gasteiger partial charge in [-0.3, -0.25) is 14.4 Å². The van der Waals surface area contributed by atoms with Gasteiger partial charge >= 0.3 is 0 Å². The molecule has 0 saturated heterocycles.